The van der Waals surface area contributed by atoms with Crippen molar-refractivity contribution in [2.45, 2.75) is 13.8 Å². The van der Waals surface area contributed by atoms with E-state index in [1.807, 2.05) is 13.8 Å². The molecule has 0 bridgehead atoms. The van der Waals surface area contributed by atoms with Crippen LogP contribution in [0.25, 0.3) is 0 Å². The highest BCUT2D eigenvalue weighted by atomic mass is 19.1. The summed E-state index contributed by atoms with van der Waals surface area (Å²) >= 11 is 0. The molecule has 3 nitrogen and oxygen atoms in total. The van der Waals surface area contributed by atoms with Gasteiger partial charge in [-0.2, -0.15) is 0 Å². The second-order valence-electron chi connectivity index (χ2n) is 4.35. The standard InChI is InChI=1S/C11H13FN2O/c1-11(2)6-13-8-5-3-4-7(12)9(8)14-10(11)15/h3-5,13H,6H2,1-2H3,(H,14,15). The van der Waals surface area contributed by atoms with Crippen molar-refractivity contribution in [3.63, 3.8) is 0 Å². The van der Waals surface area contributed by atoms with Gasteiger partial charge >= 0.3 is 0 Å². The number of anilines is 2. The van der Waals surface area contributed by atoms with E-state index in [1.165, 1.54) is 6.07 Å². The zero-order chi connectivity index (χ0) is 11.1. The molecule has 1 amide bonds. The molecule has 0 spiro atoms. The minimum Gasteiger partial charge on any atom is -0.382 e. The molecule has 0 radical (unpaired) electrons. The van der Waals surface area contributed by atoms with Crippen LogP contribution in [0, 0.1) is 11.2 Å². The Morgan fingerprint density at radius 1 is 1.40 bits per heavy atom. The highest BCUT2D eigenvalue weighted by Gasteiger charge is 2.31. The summed E-state index contributed by atoms with van der Waals surface area (Å²) in [6, 6.07) is 4.70. The lowest BCUT2D eigenvalue weighted by Crippen LogP contribution is -2.34. The van der Waals surface area contributed by atoms with E-state index < -0.39 is 11.2 Å². The van der Waals surface area contributed by atoms with Gasteiger partial charge in [-0.05, 0) is 26.0 Å². The lowest BCUT2D eigenvalue weighted by molar-refractivity contribution is -0.123. The van der Waals surface area contributed by atoms with Crippen molar-refractivity contribution in [2.24, 2.45) is 5.41 Å². The Hall–Kier alpha value is -1.58. The molecule has 15 heavy (non-hydrogen) atoms. The van der Waals surface area contributed by atoms with Gasteiger partial charge in [-0.3, -0.25) is 4.79 Å². The van der Waals surface area contributed by atoms with Crippen molar-refractivity contribution in [3.05, 3.63) is 24.0 Å². The Balaban J connectivity index is 2.45. The molecule has 2 rings (SSSR count). The molecule has 1 aromatic carbocycles. The van der Waals surface area contributed by atoms with Gasteiger partial charge in [-0.15, -0.1) is 0 Å². The number of para-hydroxylation sites is 1. The molecule has 0 aromatic heterocycles. The third-order valence-electron chi connectivity index (χ3n) is 2.59. The zero-order valence-corrected chi connectivity index (χ0v) is 8.73. The maximum absolute atomic E-state index is 13.4. The Morgan fingerprint density at radius 3 is 2.87 bits per heavy atom. The van der Waals surface area contributed by atoms with Crippen LogP contribution in [0.3, 0.4) is 0 Å². The molecule has 1 aliphatic rings. The number of amides is 1. The summed E-state index contributed by atoms with van der Waals surface area (Å²) in [5.74, 6) is -0.579. The molecule has 1 heterocycles. The topological polar surface area (TPSA) is 41.1 Å². The number of halogens is 1. The van der Waals surface area contributed by atoms with Crippen molar-refractivity contribution in [1.82, 2.24) is 0 Å². The predicted octanol–water partition coefficient (Wildman–Crippen LogP) is 2.22. The molecule has 4 heteroatoms. The number of fused-ring (bicyclic) bond motifs is 1. The Bertz CT molecular complexity index is 415. The van der Waals surface area contributed by atoms with Crippen molar-refractivity contribution >= 4 is 17.3 Å². The fourth-order valence-corrected chi connectivity index (χ4v) is 1.48. The third kappa shape index (κ3) is 1.67. The summed E-state index contributed by atoms with van der Waals surface area (Å²) in [6.07, 6.45) is 0. The number of carbonyl (C=O) groups excluding carboxylic acids is 1. The fraction of sp³-hybridized carbons (Fsp3) is 0.364. The van der Waals surface area contributed by atoms with Gasteiger partial charge in [0.1, 0.15) is 11.5 Å². The lowest BCUT2D eigenvalue weighted by Gasteiger charge is -2.19. The predicted molar refractivity (Wildman–Crippen MR) is 57.3 cm³/mol. The second kappa shape index (κ2) is 3.22. The SMILES string of the molecule is CC1(C)CNc2cccc(F)c2NC1=O. The van der Waals surface area contributed by atoms with Crippen LogP contribution < -0.4 is 10.6 Å². The number of hydrogen-bond donors (Lipinski definition) is 2. The van der Waals surface area contributed by atoms with Gasteiger partial charge in [0, 0.05) is 6.54 Å². The molecule has 0 saturated heterocycles. The highest BCUT2D eigenvalue weighted by Crippen LogP contribution is 2.31. The second-order valence-corrected chi connectivity index (χ2v) is 4.35. The van der Waals surface area contributed by atoms with E-state index >= 15 is 0 Å². The van der Waals surface area contributed by atoms with Crippen molar-refractivity contribution < 1.29 is 9.18 Å². The van der Waals surface area contributed by atoms with Gasteiger partial charge in [0.2, 0.25) is 5.91 Å². The Morgan fingerprint density at radius 2 is 2.13 bits per heavy atom. The first-order valence-electron chi connectivity index (χ1n) is 4.84. The van der Waals surface area contributed by atoms with Crippen LogP contribution in [0.2, 0.25) is 0 Å². The van der Waals surface area contributed by atoms with E-state index in [0.29, 0.717) is 12.2 Å². The van der Waals surface area contributed by atoms with E-state index in [1.54, 1.807) is 12.1 Å². The molecule has 1 aromatic rings. The molecule has 80 valence electrons. The molecule has 1 aliphatic heterocycles. The van der Waals surface area contributed by atoms with Gasteiger partial charge in [-0.1, -0.05) is 6.07 Å². The molecular weight excluding hydrogens is 195 g/mol. The number of nitrogens with one attached hydrogen (secondary N) is 2. The Labute approximate surface area is 87.7 Å². The van der Waals surface area contributed by atoms with E-state index in [0.717, 1.165) is 0 Å². The molecule has 0 fully saturated rings. The average molecular weight is 208 g/mol. The van der Waals surface area contributed by atoms with Gasteiger partial charge in [-0.25, -0.2) is 4.39 Å². The van der Waals surface area contributed by atoms with Crippen LogP contribution >= 0.6 is 0 Å². The van der Waals surface area contributed by atoms with Crippen LogP contribution in [0.1, 0.15) is 13.8 Å². The van der Waals surface area contributed by atoms with Crippen molar-refractivity contribution in [2.75, 3.05) is 17.2 Å². The van der Waals surface area contributed by atoms with Gasteiger partial charge in [0.05, 0.1) is 11.1 Å². The van der Waals surface area contributed by atoms with Gasteiger partial charge in [0.25, 0.3) is 0 Å². The molecule has 0 aliphatic carbocycles. The van der Waals surface area contributed by atoms with Crippen molar-refractivity contribution in [1.29, 1.82) is 0 Å². The number of rotatable bonds is 0. The summed E-state index contributed by atoms with van der Waals surface area (Å²) in [4.78, 5) is 11.7. The minimum absolute atomic E-state index is 0.168. The van der Waals surface area contributed by atoms with E-state index in [4.69, 9.17) is 0 Å². The lowest BCUT2D eigenvalue weighted by atomic mass is 9.93. The Kier molecular flexibility index (Phi) is 2.14. The quantitative estimate of drug-likeness (QED) is 0.686. The normalized spacial score (nSPS) is 18.5. The fourth-order valence-electron chi connectivity index (χ4n) is 1.48. The highest BCUT2D eigenvalue weighted by molar-refractivity contribution is 5.99. The summed E-state index contributed by atoms with van der Waals surface area (Å²) < 4.78 is 13.4. The van der Waals surface area contributed by atoms with E-state index in [-0.39, 0.29) is 11.6 Å². The average Bonchev–Trinajstić information content (AvgIpc) is 2.28. The van der Waals surface area contributed by atoms with Crippen LogP contribution in [0.15, 0.2) is 18.2 Å². The van der Waals surface area contributed by atoms with E-state index in [2.05, 4.69) is 10.6 Å². The molecule has 0 unspecified atom stereocenters. The molecular formula is C11H13FN2O. The van der Waals surface area contributed by atoms with E-state index in [9.17, 15) is 9.18 Å². The summed E-state index contributed by atoms with van der Waals surface area (Å²) in [6.45, 7) is 4.13. The van der Waals surface area contributed by atoms with Crippen LogP contribution in [0.4, 0.5) is 15.8 Å². The number of benzene rings is 1. The first-order valence-corrected chi connectivity index (χ1v) is 4.84. The number of hydrogen-bond acceptors (Lipinski definition) is 2. The minimum atomic E-state index is -0.536. The van der Waals surface area contributed by atoms with Crippen LogP contribution in [-0.4, -0.2) is 12.5 Å². The first-order chi connectivity index (χ1) is 7.00. The molecule has 0 saturated carbocycles. The smallest absolute Gasteiger partial charge is 0.231 e. The van der Waals surface area contributed by atoms with Crippen LogP contribution in [-0.2, 0) is 4.79 Å². The number of carbonyl (C=O) groups is 1. The van der Waals surface area contributed by atoms with Crippen molar-refractivity contribution in [3.8, 4) is 0 Å². The third-order valence-corrected chi connectivity index (χ3v) is 2.59. The monoisotopic (exact) mass is 208 g/mol. The molecule has 0 atom stereocenters. The summed E-state index contributed by atoms with van der Waals surface area (Å²) in [5.41, 5.74) is 0.341. The zero-order valence-electron chi connectivity index (χ0n) is 8.73. The van der Waals surface area contributed by atoms with Gasteiger partial charge < -0.3 is 10.6 Å². The molecule has 2 N–H and O–H groups in total. The maximum Gasteiger partial charge on any atom is 0.231 e. The first kappa shape index (κ1) is 9.96. The van der Waals surface area contributed by atoms with Gasteiger partial charge in [0.15, 0.2) is 0 Å². The largest absolute Gasteiger partial charge is 0.382 e. The maximum atomic E-state index is 13.4. The van der Waals surface area contributed by atoms with Crippen LogP contribution in [0.5, 0.6) is 0 Å². The summed E-state index contributed by atoms with van der Waals surface area (Å²) in [7, 11) is 0. The summed E-state index contributed by atoms with van der Waals surface area (Å²) in [5, 5.41) is 5.67.